The first kappa shape index (κ1) is 20.8. The maximum atomic E-state index is 12.4. The van der Waals surface area contributed by atoms with Gasteiger partial charge in [0.15, 0.2) is 0 Å². The van der Waals surface area contributed by atoms with Crippen molar-refractivity contribution in [2.45, 2.75) is 37.4 Å². The molecule has 0 saturated carbocycles. The van der Waals surface area contributed by atoms with E-state index in [4.69, 9.17) is 4.42 Å². The Morgan fingerprint density at radius 1 is 1.14 bits per heavy atom. The van der Waals surface area contributed by atoms with Crippen molar-refractivity contribution in [1.82, 2.24) is 10.2 Å². The van der Waals surface area contributed by atoms with E-state index in [-0.39, 0.29) is 22.8 Å². The molecule has 1 aromatic heterocycles. The van der Waals surface area contributed by atoms with Crippen LogP contribution in [-0.4, -0.2) is 28.0 Å². The molecule has 3 rings (SSSR count). The lowest BCUT2D eigenvalue weighted by Crippen LogP contribution is -2.22. The SMILES string of the molecule is CCc1ccc(NC(=O)C(C)Sc2nnc(-c3ccc(OC(F)F)cc3)o2)cc1. The first-order valence-electron chi connectivity index (χ1n) is 8.90. The fraction of sp³-hybridized carbons (Fsp3) is 0.250. The van der Waals surface area contributed by atoms with Crippen LogP contribution in [-0.2, 0) is 11.2 Å². The molecule has 1 atom stereocenters. The van der Waals surface area contributed by atoms with Crippen LogP contribution in [0.25, 0.3) is 11.5 Å². The molecule has 0 aliphatic heterocycles. The van der Waals surface area contributed by atoms with Gasteiger partial charge in [0.2, 0.25) is 11.8 Å². The number of amides is 1. The molecular weight excluding hydrogens is 400 g/mol. The monoisotopic (exact) mass is 419 g/mol. The number of anilines is 1. The van der Waals surface area contributed by atoms with E-state index >= 15 is 0 Å². The summed E-state index contributed by atoms with van der Waals surface area (Å²) in [6.07, 6.45) is 0.932. The van der Waals surface area contributed by atoms with Crippen molar-refractivity contribution in [2.24, 2.45) is 0 Å². The molecule has 9 heteroatoms. The van der Waals surface area contributed by atoms with Crippen molar-refractivity contribution in [2.75, 3.05) is 5.32 Å². The van der Waals surface area contributed by atoms with Gasteiger partial charge in [-0.05, 0) is 55.3 Å². The minimum atomic E-state index is -2.88. The minimum absolute atomic E-state index is 0.0372. The molecule has 0 radical (unpaired) electrons. The predicted octanol–water partition coefficient (Wildman–Crippen LogP) is 5.02. The second-order valence-corrected chi connectivity index (χ2v) is 7.37. The van der Waals surface area contributed by atoms with Crippen LogP contribution in [0.4, 0.5) is 14.5 Å². The third-order valence-electron chi connectivity index (χ3n) is 4.01. The van der Waals surface area contributed by atoms with Gasteiger partial charge in [0, 0.05) is 11.3 Å². The van der Waals surface area contributed by atoms with Crippen LogP contribution in [0.1, 0.15) is 19.4 Å². The molecule has 1 heterocycles. The summed E-state index contributed by atoms with van der Waals surface area (Å²) in [5.74, 6) is 0.0708. The summed E-state index contributed by atoms with van der Waals surface area (Å²) >= 11 is 1.13. The van der Waals surface area contributed by atoms with Crippen LogP contribution >= 0.6 is 11.8 Å². The minimum Gasteiger partial charge on any atom is -0.435 e. The van der Waals surface area contributed by atoms with Gasteiger partial charge in [-0.2, -0.15) is 8.78 Å². The Morgan fingerprint density at radius 3 is 2.45 bits per heavy atom. The Balaban J connectivity index is 1.59. The molecule has 0 bridgehead atoms. The number of benzene rings is 2. The highest BCUT2D eigenvalue weighted by Crippen LogP contribution is 2.28. The average molecular weight is 419 g/mol. The number of halogens is 2. The van der Waals surface area contributed by atoms with Crippen LogP contribution in [0, 0.1) is 0 Å². The highest BCUT2D eigenvalue weighted by atomic mass is 32.2. The van der Waals surface area contributed by atoms with Crippen molar-refractivity contribution in [3.63, 3.8) is 0 Å². The molecule has 0 saturated heterocycles. The van der Waals surface area contributed by atoms with E-state index in [9.17, 15) is 13.6 Å². The summed E-state index contributed by atoms with van der Waals surface area (Å²) in [6, 6.07) is 13.5. The van der Waals surface area contributed by atoms with E-state index < -0.39 is 11.9 Å². The first-order valence-corrected chi connectivity index (χ1v) is 9.77. The fourth-order valence-electron chi connectivity index (χ4n) is 2.43. The lowest BCUT2D eigenvalue weighted by atomic mass is 10.1. The van der Waals surface area contributed by atoms with Gasteiger partial charge in [-0.1, -0.05) is 30.8 Å². The van der Waals surface area contributed by atoms with E-state index in [1.165, 1.54) is 29.8 Å². The lowest BCUT2D eigenvalue weighted by Gasteiger charge is -2.10. The van der Waals surface area contributed by atoms with Gasteiger partial charge in [-0.15, -0.1) is 10.2 Å². The van der Waals surface area contributed by atoms with Gasteiger partial charge in [0.25, 0.3) is 5.22 Å². The summed E-state index contributed by atoms with van der Waals surface area (Å²) in [6.45, 7) is 0.918. The summed E-state index contributed by atoms with van der Waals surface area (Å²) < 4.78 is 34.3. The van der Waals surface area contributed by atoms with Crippen molar-refractivity contribution in [1.29, 1.82) is 0 Å². The smallest absolute Gasteiger partial charge is 0.387 e. The topological polar surface area (TPSA) is 77.2 Å². The number of nitrogens with zero attached hydrogens (tertiary/aromatic N) is 2. The quantitative estimate of drug-likeness (QED) is 0.517. The molecule has 0 aliphatic rings. The van der Waals surface area contributed by atoms with Crippen molar-refractivity contribution in [3.05, 3.63) is 54.1 Å². The molecule has 0 fully saturated rings. The third-order valence-corrected chi connectivity index (χ3v) is 4.94. The first-order chi connectivity index (χ1) is 13.9. The number of rotatable bonds is 8. The Kier molecular flexibility index (Phi) is 6.82. The predicted molar refractivity (Wildman–Crippen MR) is 106 cm³/mol. The highest BCUT2D eigenvalue weighted by molar-refractivity contribution is 8.00. The van der Waals surface area contributed by atoms with Gasteiger partial charge >= 0.3 is 6.61 Å². The molecule has 1 unspecified atom stereocenters. The number of aryl methyl sites for hydroxylation is 1. The van der Waals surface area contributed by atoms with Crippen molar-refractivity contribution < 1.29 is 22.7 Å². The lowest BCUT2D eigenvalue weighted by molar-refractivity contribution is -0.115. The number of hydrogen-bond donors (Lipinski definition) is 1. The Bertz CT molecular complexity index is 946. The second kappa shape index (κ2) is 9.51. The van der Waals surface area contributed by atoms with E-state index in [1.807, 2.05) is 24.3 Å². The fourth-order valence-corrected chi connectivity index (χ4v) is 3.11. The number of alkyl halides is 2. The normalized spacial score (nSPS) is 12.0. The van der Waals surface area contributed by atoms with Crippen LogP contribution in [0.3, 0.4) is 0 Å². The van der Waals surface area contributed by atoms with E-state index in [0.717, 1.165) is 23.9 Å². The van der Waals surface area contributed by atoms with Crippen LogP contribution < -0.4 is 10.1 Å². The maximum Gasteiger partial charge on any atom is 0.387 e. The number of carbonyl (C=O) groups excluding carboxylic acids is 1. The summed E-state index contributed by atoms with van der Waals surface area (Å²) in [5.41, 5.74) is 2.47. The van der Waals surface area contributed by atoms with Crippen LogP contribution in [0.15, 0.2) is 58.2 Å². The summed E-state index contributed by atoms with van der Waals surface area (Å²) in [4.78, 5) is 12.4. The van der Waals surface area contributed by atoms with Crippen LogP contribution in [0.2, 0.25) is 0 Å². The molecule has 1 N–H and O–H groups in total. The number of carbonyl (C=O) groups is 1. The zero-order chi connectivity index (χ0) is 20.8. The van der Waals surface area contributed by atoms with Gasteiger partial charge in [0.05, 0.1) is 5.25 Å². The molecule has 1 amide bonds. The Labute approximate surface area is 170 Å². The summed E-state index contributed by atoms with van der Waals surface area (Å²) in [5, 5.41) is 10.5. The van der Waals surface area contributed by atoms with Crippen molar-refractivity contribution in [3.8, 4) is 17.2 Å². The molecule has 0 spiro atoms. The second-order valence-electron chi connectivity index (χ2n) is 6.08. The number of ether oxygens (including phenoxy) is 1. The van der Waals surface area contributed by atoms with Gasteiger partial charge in [-0.25, -0.2) is 0 Å². The largest absolute Gasteiger partial charge is 0.435 e. The van der Waals surface area contributed by atoms with Gasteiger partial charge in [0.1, 0.15) is 5.75 Å². The maximum absolute atomic E-state index is 12.4. The molecule has 3 aromatic rings. The van der Waals surface area contributed by atoms with E-state index in [2.05, 4.69) is 27.2 Å². The number of hydrogen-bond acceptors (Lipinski definition) is 6. The van der Waals surface area contributed by atoms with E-state index in [0.29, 0.717) is 5.56 Å². The molecule has 29 heavy (non-hydrogen) atoms. The number of aromatic nitrogens is 2. The van der Waals surface area contributed by atoms with Crippen molar-refractivity contribution >= 4 is 23.4 Å². The standard InChI is InChI=1S/C20H19F2N3O3S/c1-3-13-4-8-15(9-5-13)23-17(26)12(2)29-20-25-24-18(28-20)14-6-10-16(11-7-14)27-19(21)22/h4-12,19H,3H2,1-2H3,(H,23,26). The molecule has 6 nitrogen and oxygen atoms in total. The van der Waals surface area contributed by atoms with Crippen LogP contribution in [0.5, 0.6) is 5.75 Å². The molecular formula is C20H19F2N3O3S. The zero-order valence-electron chi connectivity index (χ0n) is 15.8. The summed E-state index contributed by atoms with van der Waals surface area (Å²) in [7, 11) is 0. The molecule has 0 aliphatic carbocycles. The molecule has 2 aromatic carbocycles. The number of nitrogens with one attached hydrogen (secondary N) is 1. The highest BCUT2D eigenvalue weighted by Gasteiger charge is 2.19. The zero-order valence-corrected chi connectivity index (χ0v) is 16.6. The third kappa shape index (κ3) is 5.77. The average Bonchev–Trinajstić information content (AvgIpc) is 3.17. The van der Waals surface area contributed by atoms with Gasteiger partial charge < -0.3 is 14.5 Å². The van der Waals surface area contributed by atoms with Gasteiger partial charge in [-0.3, -0.25) is 4.79 Å². The molecule has 152 valence electrons. The van der Waals surface area contributed by atoms with E-state index in [1.54, 1.807) is 6.92 Å². The number of thioether (sulfide) groups is 1. The Morgan fingerprint density at radius 2 is 1.83 bits per heavy atom. The Hall–Kier alpha value is -2.94.